The maximum absolute atomic E-state index is 11.8. The van der Waals surface area contributed by atoms with Crippen LogP contribution in [0.4, 0.5) is 10.5 Å². The summed E-state index contributed by atoms with van der Waals surface area (Å²) in [5, 5.41) is 14.1. The largest absolute Gasteiger partial charge is 0.481 e. The third kappa shape index (κ3) is 6.42. The van der Waals surface area contributed by atoms with Crippen LogP contribution in [0.1, 0.15) is 26.7 Å². The van der Waals surface area contributed by atoms with Gasteiger partial charge in [-0.2, -0.15) is 0 Å². The van der Waals surface area contributed by atoms with Gasteiger partial charge in [-0.1, -0.05) is 0 Å². The smallest absolute Gasteiger partial charge is 0.319 e. The molecular weight excluding hydrogens is 359 g/mol. The maximum atomic E-state index is 11.8. The molecule has 5 nitrogen and oxygen atoms in total. The van der Waals surface area contributed by atoms with E-state index in [1.165, 1.54) is 0 Å². The second-order valence-corrected chi connectivity index (χ2v) is 6.11. The lowest BCUT2D eigenvalue weighted by Crippen LogP contribution is -2.45. The van der Waals surface area contributed by atoms with Gasteiger partial charge in [0.05, 0.1) is 0 Å². The fraction of sp³-hybridized carbons (Fsp3) is 0.385. The van der Waals surface area contributed by atoms with Crippen molar-refractivity contribution in [2.75, 3.05) is 5.32 Å². The lowest BCUT2D eigenvalue weighted by Gasteiger charge is -2.25. The number of rotatable bonds is 5. The van der Waals surface area contributed by atoms with Gasteiger partial charge in [-0.05, 0) is 67.1 Å². The highest BCUT2D eigenvalue weighted by molar-refractivity contribution is 14.1. The Kier molecular flexibility index (Phi) is 5.59. The summed E-state index contributed by atoms with van der Waals surface area (Å²) in [6.07, 6.45) is 0.402. The Morgan fingerprint density at radius 2 is 1.84 bits per heavy atom. The van der Waals surface area contributed by atoms with E-state index in [0.717, 1.165) is 3.57 Å². The Morgan fingerprint density at radius 1 is 1.26 bits per heavy atom. The van der Waals surface area contributed by atoms with Crippen molar-refractivity contribution >= 4 is 40.3 Å². The summed E-state index contributed by atoms with van der Waals surface area (Å²) in [7, 11) is 0. The van der Waals surface area contributed by atoms with Crippen LogP contribution in [0.25, 0.3) is 0 Å². The Labute approximate surface area is 125 Å². The molecule has 0 saturated heterocycles. The zero-order chi connectivity index (χ0) is 14.5. The Bertz CT molecular complexity index is 457. The molecule has 3 N–H and O–H groups in total. The predicted octanol–water partition coefficient (Wildman–Crippen LogP) is 3.06. The second kappa shape index (κ2) is 6.74. The predicted molar refractivity (Wildman–Crippen MR) is 82.3 cm³/mol. The van der Waals surface area contributed by atoms with Crippen LogP contribution in [-0.4, -0.2) is 22.6 Å². The molecule has 0 radical (unpaired) electrons. The number of hydrogen-bond acceptors (Lipinski definition) is 2. The molecule has 0 bridgehead atoms. The van der Waals surface area contributed by atoms with Gasteiger partial charge in [-0.15, -0.1) is 0 Å². The summed E-state index contributed by atoms with van der Waals surface area (Å²) in [6.45, 7) is 3.59. The van der Waals surface area contributed by atoms with Crippen molar-refractivity contribution in [2.24, 2.45) is 0 Å². The van der Waals surface area contributed by atoms with Crippen LogP contribution in [0.2, 0.25) is 0 Å². The average molecular weight is 376 g/mol. The third-order valence-electron chi connectivity index (χ3n) is 2.52. The minimum absolute atomic E-state index is 0.0246. The van der Waals surface area contributed by atoms with Gasteiger partial charge in [0.15, 0.2) is 0 Å². The van der Waals surface area contributed by atoms with Crippen LogP contribution in [-0.2, 0) is 4.79 Å². The first kappa shape index (κ1) is 15.7. The topological polar surface area (TPSA) is 78.4 Å². The number of carbonyl (C=O) groups is 2. The molecule has 0 fully saturated rings. The van der Waals surface area contributed by atoms with Crippen LogP contribution in [0.15, 0.2) is 24.3 Å². The number of hydrogen-bond donors (Lipinski definition) is 3. The molecule has 6 heteroatoms. The molecule has 19 heavy (non-hydrogen) atoms. The minimum Gasteiger partial charge on any atom is -0.481 e. The van der Waals surface area contributed by atoms with Crippen molar-refractivity contribution in [3.8, 4) is 0 Å². The van der Waals surface area contributed by atoms with Gasteiger partial charge in [0.2, 0.25) is 0 Å². The van der Waals surface area contributed by atoms with Crippen LogP contribution < -0.4 is 10.6 Å². The quantitative estimate of drug-likeness (QED) is 0.692. The van der Waals surface area contributed by atoms with Gasteiger partial charge in [0.25, 0.3) is 0 Å². The summed E-state index contributed by atoms with van der Waals surface area (Å²) < 4.78 is 1.09. The number of anilines is 1. The van der Waals surface area contributed by atoms with E-state index in [4.69, 9.17) is 5.11 Å². The van der Waals surface area contributed by atoms with Crippen LogP contribution in [0, 0.1) is 3.57 Å². The fourth-order valence-electron chi connectivity index (χ4n) is 1.48. The first-order chi connectivity index (χ1) is 8.78. The van der Waals surface area contributed by atoms with Gasteiger partial charge in [-0.25, -0.2) is 4.79 Å². The first-order valence-electron chi connectivity index (χ1n) is 5.85. The average Bonchev–Trinajstić information content (AvgIpc) is 2.29. The molecule has 0 spiro atoms. The van der Waals surface area contributed by atoms with Crippen molar-refractivity contribution in [3.05, 3.63) is 27.8 Å². The van der Waals surface area contributed by atoms with Crippen molar-refractivity contribution in [2.45, 2.75) is 32.2 Å². The minimum atomic E-state index is -0.868. The first-order valence-corrected chi connectivity index (χ1v) is 6.93. The summed E-state index contributed by atoms with van der Waals surface area (Å²) >= 11 is 2.19. The lowest BCUT2D eigenvalue weighted by atomic mass is 9.99. The fourth-order valence-corrected chi connectivity index (χ4v) is 1.84. The van der Waals surface area contributed by atoms with Crippen molar-refractivity contribution < 1.29 is 14.7 Å². The van der Waals surface area contributed by atoms with Crippen molar-refractivity contribution in [3.63, 3.8) is 0 Å². The van der Waals surface area contributed by atoms with Crippen LogP contribution >= 0.6 is 22.6 Å². The molecule has 0 unspecified atom stereocenters. The molecule has 2 amide bonds. The molecule has 1 rings (SSSR count). The Morgan fingerprint density at radius 3 is 2.37 bits per heavy atom. The normalized spacial score (nSPS) is 10.9. The molecule has 104 valence electrons. The summed E-state index contributed by atoms with van der Waals surface area (Å²) in [4.78, 5) is 22.3. The molecule has 0 atom stereocenters. The summed E-state index contributed by atoms with van der Waals surface area (Å²) in [6, 6.07) is 7.07. The van der Waals surface area contributed by atoms with E-state index in [0.29, 0.717) is 12.1 Å². The van der Waals surface area contributed by atoms with Crippen LogP contribution in [0.5, 0.6) is 0 Å². The zero-order valence-corrected chi connectivity index (χ0v) is 13.0. The highest BCUT2D eigenvalue weighted by atomic mass is 127. The van der Waals surface area contributed by atoms with Gasteiger partial charge < -0.3 is 15.7 Å². The Balaban J connectivity index is 2.50. The molecule has 0 aliphatic rings. The SMILES string of the molecule is CC(C)(CCC(=O)O)NC(=O)Nc1ccc(I)cc1. The van der Waals surface area contributed by atoms with E-state index in [9.17, 15) is 9.59 Å². The van der Waals surface area contributed by atoms with E-state index in [-0.39, 0.29) is 12.5 Å². The van der Waals surface area contributed by atoms with Gasteiger partial charge in [0, 0.05) is 21.2 Å². The van der Waals surface area contributed by atoms with Gasteiger partial charge in [-0.3, -0.25) is 4.79 Å². The highest BCUT2D eigenvalue weighted by Gasteiger charge is 2.21. The Hall–Kier alpha value is -1.31. The monoisotopic (exact) mass is 376 g/mol. The molecule has 1 aromatic carbocycles. The molecule has 0 saturated carbocycles. The van der Waals surface area contributed by atoms with Crippen molar-refractivity contribution in [1.29, 1.82) is 0 Å². The second-order valence-electron chi connectivity index (χ2n) is 4.86. The molecular formula is C13H17IN2O3. The number of nitrogens with one attached hydrogen (secondary N) is 2. The van der Waals surface area contributed by atoms with E-state index in [1.807, 2.05) is 24.3 Å². The van der Waals surface area contributed by atoms with Crippen LogP contribution in [0.3, 0.4) is 0 Å². The standard InChI is InChI=1S/C13H17IN2O3/c1-13(2,8-7-11(17)18)16-12(19)15-10-5-3-9(14)4-6-10/h3-6H,7-8H2,1-2H3,(H,17,18)(H2,15,16,19). The summed E-state index contributed by atoms with van der Waals surface area (Å²) in [5.41, 5.74) is 0.137. The summed E-state index contributed by atoms with van der Waals surface area (Å²) in [5.74, 6) is -0.868. The van der Waals surface area contributed by atoms with Crippen molar-refractivity contribution in [1.82, 2.24) is 5.32 Å². The molecule has 0 aromatic heterocycles. The molecule has 0 heterocycles. The number of carboxylic acids is 1. The number of carbonyl (C=O) groups excluding carboxylic acids is 1. The van der Waals surface area contributed by atoms with E-state index in [2.05, 4.69) is 33.2 Å². The molecule has 0 aliphatic carbocycles. The van der Waals surface area contributed by atoms with Gasteiger partial charge >= 0.3 is 12.0 Å². The number of halogens is 1. The van der Waals surface area contributed by atoms with E-state index < -0.39 is 11.5 Å². The molecule has 1 aromatic rings. The maximum Gasteiger partial charge on any atom is 0.319 e. The number of urea groups is 1. The number of benzene rings is 1. The lowest BCUT2D eigenvalue weighted by molar-refractivity contribution is -0.137. The number of amides is 2. The third-order valence-corrected chi connectivity index (χ3v) is 3.24. The molecule has 0 aliphatic heterocycles. The number of aliphatic carboxylic acids is 1. The number of carboxylic acid groups (broad SMARTS) is 1. The van der Waals surface area contributed by atoms with E-state index in [1.54, 1.807) is 13.8 Å². The van der Waals surface area contributed by atoms with Gasteiger partial charge in [0.1, 0.15) is 0 Å². The highest BCUT2D eigenvalue weighted by Crippen LogP contribution is 2.13. The zero-order valence-electron chi connectivity index (χ0n) is 10.9. The van der Waals surface area contributed by atoms with E-state index >= 15 is 0 Å².